The fraction of sp³-hybridized carbons (Fsp3) is 0.429. The molecule has 7 heteroatoms. The van der Waals surface area contributed by atoms with Crippen LogP contribution >= 0.6 is 11.8 Å². The Kier molecular flexibility index (Phi) is 4.55. The number of nitrogens with one attached hydrogen (secondary N) is 2. The SMILES string of the molecule is CCc1[nH]c2nc(Sc3cccnc3)nc(NC3CC4CCC3C4)c2c1C=O. The number of aldehydes is 1. The van der Waals surface area contributed by atoms with Crippen LogP contribution in [0.2, 0.25) is 0 Å². The molecule has 2 aliphatic rings. The second kappa shape index (κ2) is 7.20. The molecule has 3 unspecified atom stereocenters. The minimum atomic E-state index is 0.438. The Bertz CT molecular complexity index is 1020. The summed E-state index contributed by atoms with van der Waals surface area (Å²) in [5.41, 5.74) is 2.32. The molecule has 2 saturated carbocycles. The Morgan fingerprint density at radius 1 is 1.32 bits per heavy atom. The van der Waals surface area contributed by atoms with Crippen molar-refractivity contribution in [1.82, 2.24) is 19.9 Å². The van der Waals surface area contributed by atoms with Crippen molar-refractivity contribution in [2.24, 2.45) is 11.8 Å². The number of H-pyrrole nitrogens is 1. The quantitative estimate of drug-likeness (QED) is 0.474. The first kappa shape index (κ1) is 17.7. The van der Waals surface area contributed by atoms with Crippen LogP contribution in [0.3, 0.4) is 0 Å². The number of rotatable bonds is 6. The largest absolute Gasteiger partial charge is 0.366 e. The van der Waals surface area contributed by atoms with Crippen LogP contribution in [-0.2, 0) is 6.42 Å². The molecule has 6 nitrogen and oxygen atoms in total. The van der Waals surface area contributed by atoms with Gasteiger partial charge in [-0.05, 0) is 61.4 Å². The van der Waals surface area contributed by atoms with Gasteiger partial charge in [-0.1, -0.05) is 13.3 Å². The average Bonchev–Trinajstić information content (AvgIpc) is 3.42. The molecule has 3 atom stereocenters. The van der Waals surface area contributed by atoms with E-state index in [0.717, 1.165) is 46.1 Å². The molecule has 0 amide bonds. The van der Waals surface area contributed by atoms with Gasteiger partial charge in [0.2, 0.25) is 0 Å². The first-order valence-electron chi connectivity index (χ1n) is 9.97. The van der Waals surface area contributed by atoms with E-state index in [-0.39, 0.29) is 0 Å². The second-order valence-electron chi connectivity index (χ2n) is 7.78. The van der Waals surface area contributed by atoms with E-state index in [1.165, 1.54) is 37.4 Å². The van der Waals surface area contributed by atoms with Gasteiger partial charge in [0.1, 0.15) is 11.5 Å². The Morgan fingerprint density at radius 2 is 2.25 bits per heavy atom. The van der Waals surface area contributed by atoms with E-state index in [4.69, 9.17) is 9.97 Å². The molecule has 2 N–H and O–H groups in total. The van der Waals surface area contributed by atoms with Crippen molar-refractivity contribution in [3.05, 3.63) is 35.8 Å². The summed E-state index contributed by atoms with van der Waals surface area (Å²) in [5.74, 6) is 2.34. The Hall–Kier alpha value is -2.41. The third kappa shape index (κ3) is 3.07. The Morgan fingerprint density at radius 3 is 2.93 bits per heavy atom. The first-order valence-corrected chi connectivity index (χ1v) is 10.8. The van der Waals surface area contributed by atoms with Gasteiger partial charge in [-0.2, -0.15) is 0 Å². The van der Waals surface area contributed by atoms with Crippen molar-refractivity contribution in [3.8, 4) is 0 Å². The molecular weight excluding hydrogens is 370 g/mol. The fourth-order valence-corrected chi connectivity index (χ4v) is 5.56. The molecule has 2 fully saturated rings. The molecule has 3 aromatic rings. The van der Waals surface area contributed by atoms with Gasteiger partial charge in [-0.3, -0.25) is 9.78 Å². The summed E-state index contributed by atoms with van der Waals surface area (Å²) in [4.78, 5) is 29.9. The minimum Gasteiger partial charge on any atom is -0.366 e. The summed E-state index contributed by atoms with van der Waals surface area (Å²) in [6, 6.07) is 4.34. The van der Waals surface area contributed by atoms with E-state index < -0.39 is 0 Å². The van der Waals surface area contributed by atoms with Gasteiger partial charge in [-0.25, -0.2) is 9.97 Å². The lowest BCUT2D eigenvalue weighted by atomic mass is 9.95. The van der Waals surface area contributed by atoms with Gasteiger partial charge >= 0.3 is 0 Å². The van der Waals surface area contributed by atoms with Crippen LogP contribution in [0.5, 0.6) is 0 Å². The van der Waals surface area contributed by atoms with Crippen LogP contribution in [0.25, 0.3) is 11.0 Å². The zero-order valence-corrected chi connectivity index (χ0v) is 16.6. The smallest absolute Gasteiger partial charge is 0.196 e. The molecule has 0 radical (unpaired) electrons. The van der Waals surface area contributed by atoms with Crippen molar-refractivity contribution in [3.63, 3.8) is 0 Å². The van der Waals surface area contributed by atoms with Crippen LogP contribution in [0.4, 0.5) is 5.82 Å². The lowest BCUT2D eigenvalue weighted by Crippen LogP contribution is -2.26. The van der Waals surface area contributed by atoms with Gasteiger partial charge in [0.25, 0.3) is 0 Å². The van der Waals surface area contributed by atoms with E-state index >= 15 is 0 Å². The highest BCUT2D eigenvalue weighted by atomic mass is 32.2. The average molecular weight is 394 g/mol. The van der Waals surface area contributed by atoms with Crippen LogP contribution < -0.4 is 5.32 Å². The van der Waals surface area contributed by atoms with Crippen LogP contribution in [0.15, 0.2) is 34.6 Å². The third-order valence-corrected chi connectivity index (χ3v) is 6.97. The number of fused-ring (bicyclic) bond motifs is 3. The lowest BCUT2D eigenvalue weighted by molar-refractivity contribution is 0.112. The Balaban J connectivity index is 1.57. The van der Waals surface area contributed by atoms with Gasteiger partial charge in [0.15, 0.2) is 11.4 Å². The predicted molar refractivity (Wildman–Crippen MR) is 110 cm³/mol. The topological polar surface area (TPSA) is 83.6 Å². The van der Waals surface area contributed by atoms with E-state index in [1.54, 1.807) is 6.20 Å². The van der Waals surface area contributed by atoms with E-state index in [2.05, 4.69) is 15.3 Å². The minimum absolute atomic E-state index is 0.438. The molecule has 0 saturated heterocycles. The number of pyridine rings is 1. The molecule has 0 aliphatic heterocycles. The molecule has 2 bridgehead atoms. The number of carbonyl (C=O) groups excluding carboxylic acids is 1. The Labute approximate surface area is 168 Å². The highest BCUT2D eigenvalue weighted by molar-refractivity contribution is 7.99. The van der Waals surface area contributed by atoms with Gasteiger partial charge in [-0.15, -0.1) is 0 Å². The molecule has 0 aromatic carbocycles. The maximum absolute atomic E-state index is 11.8. The maximum Gasteiger partial charge on any atom is 0.196 e. The number of aromatic nitrogens is 4. The highest BCUT2D eigenvalue weighted by Gasteiger charge is 2.40. The van der Waals surface area contributed by atoms with Crippen molar-refractivity contribution in [2.75, 3.05) is 5.32 Å². The normalized spacial score (nSPS) is 23.4. The molecule has 3 aromatic heterocycles. The van der Waals surface area contributed by atoms with E-state index in [9.17, 15) is 4.79 Å². The van der Waals surface area contributed by atoms with Crippen LogP contribution in [0.1, 0.15) is 48.7 Å². The molecule has 2 aliphatic carbocycles. The van der Waals surface area contributed by atoms with E-state index in [1.807, 2.05) is 25.3 Å². The van der Waals surface area contributed by atoms with Crippen molar-refractivity contribution in [1.29, 1.82) is 0 Å². The molecule has 5 rings (SSSR count). The number of anilines is 1. The third-order valence-electron chi connectivity index (χ3n) is 6.13. The summed E-state index contributed by atoms with van der Waals surface area (Å²) in [6.07, 6.45) is 10.4. The summed E-state index contributed by atoms with van der Waals surface area (Å²) >= 11 is 1.49. The number of aromatic amines is 1. The van der Waals surface area contributed by atoms with Crippen molar-refractivity contribution < 1.29 is 4.79 Å². The van der Waals surface area contributed by atoms with Crippen LogP contribution in [0, 0.1) is 11.8 Å². The standard InChI is InChI=1S/C21H23N5OS/c1-2-16-15(11-27)18-19(23-16)25-21(28-14-4-3-7-22-10-14)26-20(18)24-17-9-12-5-6-13(17)8-12/h3-4,7,10-13,17H,2,5-6,8-9H2,1H3,(H2,23,24,25,26). The molecule has 0 spiro atoms. The summed E-state index contributed by atoms with van der Waals surface area (Å²) in [6.45, 7) is 2.04. The number of hydrogen-bond donors (Lipinski definition) is 2. The zero-order chi connectivity index (χ0) is 19.1. The summed E-state index contributed by atoms with van der Waals surface area (Å²) < 4.78 is 0. The fourth-order valence-electron chi connectivity index (χ4n) is 4.82. The van der Waals surface area contributed by atoms with Gasteiger partial charge < -0.3 is 10.3 Å². The molecule has 28 heavy (non-hydrogen) atoms. The second-order valence-corrected chi connectivity index (χ2v) is 8.82. The number of hydrogen-bond acceptors (Lipinski definition) is 6. The first-order chi connectivity index (χ1) is 13.7. The molecule has 144 valence electrons. The van der Waals surface area contributed by atoms with Crippen molar-refractivity contribution in [2.45, 2.75) is 55.1 Å². The maximum atomic E-state index is 11.8. The zero-order valence-electron chi connectivity index (χ0n) is 15.8. The predicted octanol–water partition coefficient (Wildman–Crippen LogP) is 4.48. The lowest BCUT2D eigenvalue weighted by Gasteiger charge is -2.24. The van der Waals surface area contributed by atoms with Crippen LogP contribution in [-0.4, -0.2) is 32.3 Å². The number of nitrogens with zero attached hydrogens (tertiary/aromatic N) is 3. The molecular formula is C21H23N5OS. The summed E-state index contributed by atoms with van der Waals surface area (Å²) in [7, 11) is 0. The van der Waals surface area contributed by atoms with Gasteiger partial charge in [0, 0.05) is 34.6 Å². The van der Waals surface area contributed by atoms with Crippen molar-refractivity contribution >= 4 is 34.9 Å². The number of carbonyl (C=O) groups is 1. The van der Waals surface area contributed by atoms with Gasteiger partial charge in [0.05, 0.1) is 5.39 Å². The molecule has 3 heterocycles. The summed E-state index contributed by atoms with van der Waals surface area (Å²) in [5, 5.41) is 5.18. The highest BCUT2D eigenvalue weighted by Crippen LogP contribution is 2.46. The number of aryl methyl sites for hydroxylation is 1. The monoisotopic (exact) mass is 393 g/mol. The van der Waals surface area contributed by atoms with E-state index in [0.29, 0.717) is 22.7 Å².